The monoisotopic (exact) mass is 319 g/mol. The molecule has 1 aromatic carbocycles. The number of hydrogen-bond donors (Lipinski definition) is 2. The van der Waals surface area contributed by atoms with Gasteiger partial charge in [-0.05, 0) is 48.4 Å². The van der Waals surface area contributed by atoms with Crippen molar-refractivity contribution < 1.29 is 13.2 Å². The molecular weight excluding hydrogens is 302 g/mol. The lowest BCUT2D eigenvalue weighted by molar-refractivity contribution is -0.114. The third-order valence-corrected chi connectivity index (χ3v) is 4.33. The fraction of sp³-hybridized carbons (Fsp3) is 0.200. The van der Waals surface area contributed by atoms with Crippen molar-refractivity contribution in [2.75, 3.05) is 10.0 Å². The molecule has 0 aliphatic rings. The summed E-state index contributed by atoms with van der Waals surface area (Å²) >= 11 is 0. The van der Waals surface area contributed by atoms with Crippen molar-refractivity contribution >= 4 is 27.4 Å². The maximum atomic E-state index is 12.3. The van der Waals surface area contributed by atoms with E-state index in [0.717, 1.165) is 12.0 Å². The first kappa shape index (κ1) is 16.0. The predicted octanol–water partition coefficient (Wildman–Crippen LogP) is 2.40. The summed E-state index contributed by atoms with van der Waals surface area (Å²) in [6, 6.07) is 9.45. The molecule has 2 N–H and O–H groups in total. The second-order valence-electron chi connectivity index (χ2n) is 4.71. The van der Waals surface area contributed by atoms with Crippen molar-refractivity contribution in [1.82, 2.24) is 4.98 Å². The first-order valence-corrected chi connectivity index (χ1v) is 8.24. The Balaban J connectivity index is 2.20. The van der Waals surface area contributed by atoms with Crippen LogP contribution < -0.4 is 10.0 Å². The molecule has 6 nitrogen and oxygen atoms in total. The van der Waals surface area contributed by atoms with Crippen LogP contribution in [0.25, 0.3) is 0 Å². The molecule has 0 unspecified atom stereocenters. The molecule has 1 heterocycles. The molecule has 22 heavy (non-hydrogen) atoms. The van der Waals surface area contributed by atoms with Crippen LogP contribution in [0.5, 0.6) is 0 Å². The number of aryl methyl sites for hydroxylation is 1. The van der Waals surface area contributed by atoms with Gasteiger partial charge in [-0.1, -0.05) is 6.92 Å². The van der Waals surface area contributed by atoms with E-state index in [1.165, 1.54) is 31.2 Å². The van der Waals surface area contributed by atoms with E-state index in [-0.39, 0.29) is 16.6 Å². The van der Waals surface area contributed by atoms with E-state index in [1.807, 2.05) is 13.0 Å². The van der Waals surface area contributed by atoms with Crippen LogP contribution in [-0.2, 0) is 21.2 Å². The van der Waals surface area contributed by atoms with Crippen molar-refractivity contribution in [1.29, 1.82) is 0 Å². The third-order valence-electron chi connectivity index (χ3n) is 2.96. The second-order valence-corrected chi connectivity index (χ2v) is 6.40. The van der Waals surface area contributed by atoms with Crippen molar-refractivity contribution in [3.8, 4) is 0 Å². The van der Waals surface area contributed by atoms with E-state index in [4.69, 9.17) is 0 Å². The Morgan fingerprint density at radius 2 is 1.86 bits per heavy atom. The van der Waals surface area contributed by atoms with Gasteiger partial charge in [0, 0.05) is 18.8 Å². The number of anilines is 2. The fourth-order valence-corrected chi connectivity index (χ4v) is 2.87. The molecule has 2 aromatic rings. The molecule has 0 bridgehead atoms. The van der Waals surface area contributed by atoms with E-state index in [1.54, 1.807) is 12.3 Å². The number of aromatic nitrogens is 1. The van der Waals surface area contributed by atoms with Crippen LogP contribution in [0.2, 0.25) is 0 Å². The van der Waals surface area contributed by atoms with Crippen molar-refractivity contribution in [3.05, 3.63) is 48.2 Å². The summed E-state index contributed by atoms with van der Waals surface area (Å²) in [5, 5.41) is 2.58. The minimum atomic E-state index is -3.71. The number of rotatable bonds is 5. The smallest absolute Gasteiger partial charge is 0.263 e. The van der Waals surface area contributed by atoms with E-state index in [9.17, 15) is 13.2 Å². The van der Waals surface area contributed by atoms with Gasteiger partial charge in [-0.25, -0.2) is 13.4 Å². The fourth-order valence-electron chi connectivity index (χ4n) is 1.87. The molecule has 2 rings (SSSR count). The molecule has 0 aliphatic heterocycles. The normalized spacial score (nSPS) is 11.0. The Kier molecular flexibility index (Phi) is 4.77. The summed E-state index contributed by atoms with van der Waals surface area (Å²) in [4.78, 5) is 15.1. The summed E-state index contributed by atoms with van der Waals surface area (Å²) in [6.07, 6.45) is 2.36. The third kappa shape index (κ3) is 4.05. The number of pyridine rings is 1. The largest absolute Gasteiger partial charge is 0.326 e. The maximum absolute atomic E-state index is 12.3. The quantitative estimate of drug-likeness (QED) is 0.886. The number of hydrogen-bond acceptors (Lipinski definition) is 4. The van der Waals surface area contributed by atoms with Crippen molar-refractivity contribution in [3.63, 3.8) is 0 Å². The molecule has 0 fully saturated rings. The predicted molar refractivity (Wildman–Crippen MR) is 85.2 cm³/mol. The molecule has 7 heteroatoms. The Labute approximate surface area is 129 Å². The number of nitrogens with zero attached hydrogens (tertiary/aromatic N) is 1. The maximum Gasteiger partial charge on any atom is 0.263 e. The summed E-state index contributed by atoms with van der Waals surface area (Å²) in [7, 11) is -3.71. The Morgan fingerprint density at radius 1 is 1.18 bits per heavy atom. The van der Waals surface area contributed by atoms with Gasteiger partial charge in [-0.15, -0.1) is 0 Å². The highest BCUT2D eigenvalue weighted by Gasteiger charge is 2.15. The number of benzene rings is 1. The van der Waals surface area contributed by atoms with Crippen LogP contribution in [0.1, 0.15) is 19.4 Å². The molecule has 0 atom stereocenters. The molecule has 0 spiro atoms. The van der Waals surface area contributed by atoms with Gasteiger partial charge in [0.15, 0.2) is 0 Å². The van der Waals surface area contributed by atoms with Crippen LogP contribution in [0, 0.1) is 0 Å². The lowest BCUT2D eigenvalue weighted by atomic mass is 10.2. The molecule has 0 aliphatic carbocycles. The number of carbonyl (C=O) groups excluding carboxylic acids is 1. The highest BCUT2D eigenvalue weighted by molar-refractivity contribution is 7.92. The van der Waals surface area contributed by atoms with Gasteiger partial charge in [-0.2, -0.15) is 0 Å². The average molecular weight is 319 g/mol. The van der Waals surface area contributed by atoms with Crippen LogP contribution >= 0.6 is 0 Å². The number of sulfonamides is 1. The number of carbonyl (C=O) groups is 1. The first-order chi connectivity index (χ1) is 10.4. The topological polar surface area (TPSA) is 88.2 Å². The zero-order valence-corrected chi connectivity index (χ0v) is 13.1. The van der Waals surface area contributed by atoms with Crippen molar-refractivity contribution in [2.24, 2.45) is 0 Å². The molecule has 0 saturated heterocycles. The molecule has 1 amide bonds. The molecule has 116 valence electrons. The average Bonchev–Trinajstić information content (AvgIpc) is 2.47. The lowest BCUT2D eigenvalue weighted by Gasteiger charge is -2.09. The van der Waals surface area contributed by atoms with Crippen molar-refractivity contribution in [2.45, 2.75) is 25.2 Å². The minimum absolute atomic E-state index is 0.102. The highest BCUT2D eigenvalue weighted by Crippen LogP contribution is 2.17. The van der Waals surface area contributed by atoms with Gasteiger partial charge in [0.25, 0.3) is 10.0 Å². The zero-order valence-electron chi connectivity index (χ0n) is 12.3. The van der Waals surface area contributed by atoms with Gasteiger partial charge in [0.1, 0.15) is 5.82 Å². The van der Waals surface area contributed by atoms with Crippen LogP contribution in [0.3, 0.4) is 0 Å². The Hall–Kier alpha value is -2.41. The Bertz CT molecular complexity index is 771. The van der Waals surface area contributed by atoms with Gasteiger partial charge in [0.05, 0.1) is 4.90 Å². The lowest BCUT2D eigenvalue weighted by Crippen LogP contribution is -2.14. The number of amides is 1. The van der Waals surface area contributed by atoms with Gasteiger partial charge in [-0.3, -0.25) is 9.52 Å². The molecule has 1 aromatic heterocycles. The number of nitrogens with one attached hydrogen (secondary N) is 2. The molecular formula is C15H17N3O3S. The van der Waals surface area contributed by atoms with Crippen LogP contribution in [0.15, 0.2) is 47.5 Å². The molecule has 0 radical (unpaired) electrons. The minimum Gasteiger partial charge on any atom is -0.326 e. The van der Waals surface area contributed by atoms with E-state index in [2.05, 4.69) is 15.0 Å². The summed E-state index contributed by atoms with van der Waals surface area (Å²) in [5.74, 6) is 0.0691. The summed E-state index contributed by atoms with van der Waals surface area (Å²) < 4.78 is 27.0. The summed E-state index contributed by atoms with van der Waals surface area (Å²) in [5.41, 5.74) is 1.53. The first-order valence-electron chi connectivity index (χ1n) is 6.76. The van der Waals surface area contributed by atoms with Crippen LogP contribution in [0.4, 0.5) is 11.5 Å². The van der Waals surface area contributed by atoms with Gasteiger partial charge in [0.2, 0.25) is 5.91 Å². The standard InChI is InChI=1S/C15H17N3O3S/c1-3-12-8-9-16-15(10-12)18-22(20,21)14-6-4-13(5-7-14)17-11(2)19/h4-10H,3H2,1-2H3,(H,16,18)(H,17,19). The zero-order chi connectivity index (χ0) is 16.2. The van der Waals surface area contributed by atoms with Gasteiger partial charge < -0.3 is 5.32 Å². The summed E-state index contributed by atoms with van der Waals surface area (Å²) in [6.45, 7) is 3.37. The molecule has 0 saturated carbocycles. The SMILES string of the molecule is CCc1ccnc(NS(=O)(=O)c2ccc(NC(C)=O)cc2)c1. The van der Waals surface area contributed by atoms with E-state index >= 15 is 0 Å². The van der Waals surface area contributed by atoms with E-state index < -0.39 is 10.0 Å². The second kappa shape index (κ2) is 6.57. The van der Waals surface area contributed by atoms with Crippen LogP contribution in [-0.4, -0.2) is 19.3 Å². The van der Waals surface area contributed by atoms with Gasteiger partial charge >= 0.3 is 0 Å². The highest BCUT2D eigenvalue weighted by atomic mass is 32.2. The van der Waals surface area contributed by atoms with E-state index in [0.29, 0.717) is 5.69 Å². The Morgan fingerprint density at radius 3 is 2.45 bits per heavy atom.